The number of hydrogen-bond acceptors (Lipinski definition) is 2. The summed E-state index contributed by atoms with van der Waals surface area (Å²) in [6.45, 7) is 2.40. The van der Waals surface area contributed by atoms with Gasteiger partial charge in [0.25, 0.3) is 0 Å². The van der Waals surface area contributed by atoms with Crippen molar-refractivity contribution in [2.24, 2.45) is 11.8 Å². The third-order valence-corrected chi connectivity index (χ3v) is 6.74. The van der Waals surface area contributed by atoms with E-state index in [1.807, 2.05) is 0 Å². The maximum absolute atomic E-state index is 13.7. The molecule has 2 N–H and O–H groups in total. The van der Waals surface area contributed by atoms with Gasteiger partial charge in [0.2, 0.25) is 11.8 Å². The Labute approximate surface area is 204 Å². The molecule has 1 amide bonds. The van der Waals surface area contributed by atoms with E-state index in [2.05, 4.69) is 5.32 Å². The summed E-state index contributed by atoms with van der Waals surface area (Å²) in [5.41, 5.74) is 1.29. The molecule has 1 saturated carbocycles. The van der Waals surface area contributed by atoms with Crippen molar-refractivity contribution in [1.29, 1.82) is 0 Å². The lowest BCUT2D eigenvalue weighted by Gasteiger charge is -2.35. The van der Waals surface area contributed by atoms with Gasteiger partial charge in [-0.3, -0.25) is 9.59 Å². The minimum Gasteiger partial charge on any atom is -0.481 e. The summed E-state index contributed by atoms with van der Waals surface area (Å²) < 4.78 is 67.3. The van der Waals surface area contributed by atoms with Crippen molar-refractivity contribution in [3.8, 4) is 0 Å². The first-order chi connectivity index (χ1) is 16.2. The van der Waals surface area contributed by atoms with Gasteiger partial charge in [-0.25, -0.2) is 8.78 Å². The van der Waals surface area contributed by atoms with Crippen LogP contribution in [0.2, 0.25) is 5.02 Å². The summed E-state index contributed by atoms with van der Waals surface area (Å²) in [5.74, 6) is -9.44. The quantitative estimate of drug-likeness (QED) is 0.369. The fraction of sp³-hybridized carbons (Fsp3) is 0.440. The van der Waals surface area contributed by atoms with Crippen molar-refractivity contribution < 1.29 is 36.6 Å². The number of aliphatic carboxylic acids is 1. The van der Waals surface area contributed by atoms with Crippen LogP contribution >= 0.6 is 11.6 Å². The van der Waals surface area contributed by atoms with Gasteiger partial charge in [-0.15, -0.1) is 0 Å². The Hall–Kier alpha value is -2.68. The molecule has 2 aromatic rings. The monoisotopic (exact) mass is 517 g/mol. The summed E-state index contributed by atoms with van der Waals surface area (Å²) in [4.78, 5) is 24.2. The standard InChI is InChI=1S/C25H25ClF5NO3/c1-13(23(34)35)9-15-3-8-19(26)20(10-15)32-22(33)21(14(2)25(29,30)31)17-6-4-16(5-7-17)18-11-24(27,28)12-18/h3-8,10,13-14,18,21H,9,11-12H2,1-2H3,(H,32,33)(H,34,35). The molecule has 1 aliphatic carbocycles. The molecule has 3 rings (SSSR count). The average Bonchev–Trinajstić information content (AvgIpc) is 2.74. The van der Waals surface area contributed by atoms with Gasteiger partial charge < -0.3 is 10.4 Å². The van der Waals surface area contributed by atoms with Gasteiger partial charge in [-0.1, -0.05) is 55.8 Å². The lowest BCUT2D eigenvalue weighted by atomic mass is 9.76. The fourth-order valence-corrected chi connectivity index (χ4v) is 4.34. The molecule has 3 unspecified atom stereocenters. The highest BCUT2D eigenvalue weighted by Crippen LogP contribution is 2.48. The lowest BCUT2D eigenvalue weighted by molar-refractivity contribution is -0.178. The molecule has 0 aromatic heterocycles. The highest BCUT2D eigenvalue weighted by atomic mass is 35.5. The number of amides is 1. The van der Waals surface area contributed by atoms with E-state index in [1.54, 1.807) is 6.07 Å². The highest BCUT2D eigenvalue weighted by molar-refractivity contribution is 6.33. The summed E-state index contributed by atoms with van der Waals surface area (Å²) in [6, 6.07) is 10.2. The van der Waals surface area contributed by atoms with Crippen LogP contribution in [0.15, 0.2) is 42.5 Å². The van der Waals surface area contributed by atoms with Crippen LogP contribution in [-0.4, -0.2) is 29.1 Å². The first-order valence-corrected chi connectivity index (χ1v) is 11.4. The molecule has 0 heterocycles. The third-order valence-electron chi connectivity index (χ3n) is 6.41. The zero-order valence-electron chi connectivity index (χ0n) is 19.0. The molecule has 0 radical (unpaired) electrons. The summed E-state index contributed by atoms with van der Waals surface area (Å²) in [7, 11) is 0. The van der Waals surface area contributed by atoms with Gasteiger partial charge in [0.05, 0.1) is 28.5 Å². The van der Waals surface area contributed by atoms with Gasteiger partial charge in [-0.05, 0) is 41.2 Å². The van der Waals surface area contributed by atoms with Crippen molar-refractivity contribution in [3.63, 3.8) is 0 Å². The molecule has 10 heteroatoms. The van der Waals surface area contributed by atoms with E-state index in [0.29, 0.717) is 11.1 Å². The molecule has 0 saturated heterocycles. The molecular formula is C25H25ClF5NO3. The van der Waals surface area contributed by atoms with E-state index in [9.17, 15) is 31.5 Å². The van der Waals surface area contributed by atoms with Crippen molar-refractivity contribution in [3.05, 3.63) is 64.2 Å². The molecule has 2 aromatic carbocycles. The van der Waals surface area contributed by atoms with Crippen molar-refractivity contribution in [1.82, 2.24) is 0 Å². The summed E-state index contributed by atoms with van der Waals surface area (Å²) in [5, 5.41) is 11.7. The second-order valence-electron chi connectivity index (χ2n) is 9.18. The van der Waals surface area contributed by atoms with Crippen LogP contribution in [0.4, 0.5) is 27.6 Å². The Morgan fingerprint density at radius 1 is 1.11 bits per heavy atom. The lowest BCUT2D eigenvalue weighted by Crippen LogP contribution is -2.35. The van der Waals surface area contributed by atoms with Crippen LogP contribution in [-0.2, 0) is 16.0 Å². The number of carboxylic acid groups (broad SMARTS) is 1. The number of anilines is 1. The maximum atomic E-state index is 13.7. The molecule has 0 aliphatic heterocycles. The number of hydrogen-bond donors (Lipinski definition) is 2. The van der Waals surface area contributed by atoms with Gasteiger partial charge in [0, 0.05) is 12.8 Å². The van der Waals surface area contributed by atoms with Crippen molar-refractivity contribution in [2.75, 3.05) is 5.32 Å². The Kier molecular flexibility index (Phi) is 7.79. The van der Waals surface area contributed by atoms with Crippen molar-refractivity contribution in [2.45, 2.75) is 57.0 Å². The molecule has 3 atom stereocenters. The van der Waals surface area contributed by atoms with E-state index in [-0.39, 0.29) is 41.5 Å². The van der Waals surface area contributed by atoms with Crippen LogP contribution in [0.25, 0.3) is 0 Å². The van der Waals surface area contributed by atoms with E-state index >= 15 is 0 Å². The van der Waals surface area contributed by atoms with Gasteiger partial charge in [0.15, 0.2) is 0 Å². The van der Waals surface area contributed by atoms with Crippen LogP contribution in [0, 0.1) is 11.8 Å². The SMILES string of the molecule is CC(Cc1ccc(Cl)c(NC(=O)C(c2ccc(C3CC(F)(F)C3)cc2)C(C)C(F)(F)F)c1)C(=O)O. The average molecular weight is 518 g/mol. The minimum atomic E-state index is -4.68. The number of carboxylic acids is 1. The number of halogens is 6. The number of alkyl halides is 5. The first kappa shape index (κ1) is 26.9. The molecule has 4 nitrogen and oxygen atoms in total. The second-order valence-corrected chi connectivity index (χ2v) is 9.59. The second kappa shape index (κ2) is 10.1. The molecule has 35 heavy (non-hydrogen) atoms. The molecule has 0 spiro atoms. The fourth-order valence-electron chi connectivity index (χ4n) is 4.18. The van der Waals surface area contributed by atoms with Crippen LogP contribution in [0.5, 0.6) is 0 Å². The van der Waals surface area contributed by atoms with Gasteiger partial charge in [0.1, 0.15) is 0 Å². The maximum Gasteiger partial charge on any atom is 0.392 e. The Morgan fingerprint density at radius 3 is 2.23 bits per heavy atom. The number of rotatable bonds is 8. The molecule has 1 fully saturated rings. The van der Waals surface area contributed by atoms with Crippen molar-refractivity contribution >= 4 is 29.2 Å². The predicted octanol–water partition coefficient (Wildman–Crippen LogP) is 7.04. The largest absolute Gasteiger partial charge is 0.481 e. The van der Waals surface area contributed by atoms with Crippen LogP contribution in [0.3, 0.4) is 0 Å². The molecule has 0 bridgehead atoms. The molecule has 190 valence electrons. The number of carbonyl (C=O) groups excluding carboxylic acids is 1. The Bertz CT molecular complexity index is 1080. The number of carbonyl (C=O) groups is 2. The van der Waals surface area contributed by atoms with Crippen LogP contribution < -0.4 is 5.32 Å². The molecule has 1 aliphatic rings. The van der Waals surface area contributed by atoms with E-state index in [4.69, 9.17) is 16.7 Å². The summed E-state index contributed by atoms with van der Waals surface area (Å²) >= 11 is 6.15. The topological polar surface area (TPSA) is 66.4 Å². The number of benzene rings is 2. The van der Waals surface area contributed by atoms with Gasteiger partial charge >= 0.3 is 12.1 Å². The first-order valence-electron chi connectivity index (χ1n) is 11.0. The van der Waals surface area contributed by atoms with E-state index in [0.717, 1.165) is 6.92 Å². The third kappa shape index (κ3) is 6.51. The zero-order chi connectivity index (χ0) is 26.1. The zero-order valence-corrected chi connectivity index (χ0v) is 19.8. The van der Waals surface area contributed by atoms with E-state index in [1.165, 1.54) is 43.3 Å². The summed E-state index contributed by atoms with van der Waals surface area (Å²) in [6.07, 6.45) is -5.17. The molecular weight excluding hydrogens is 493 g/mol. The Morgan fingerprint density at radius 2 is 1.71 bits per heavy atom. The van der Waals surface area contributed by atoms with E-state index < -0.39 is 41.7 Å². The van der Waals surface area contributed by atoms with Gasteiger partial charge in [-0.2, -0.15) is 13.2 Å². The smallest absolute Gasteiger partial charge is 0.392 e. The predicted molar refractivity (Wildman–Crippen MR) is 122 cm³/mol. The number of nitrogens with one attached hydrogen (secondary N) is 1. The Balaban J connectivity index is 1.85. The normalized spacial score (nSPS) is 18.3. The highest BCUT2D eigenvalue weighted by Gasteiger charge is 2.47. The van der Waals surface area contributed by atoms with Crippen LogP contribution in [0.1, 0.15) is 55.2 Å². The minimum absolute atomic E-state index is 0.0689.